The standard InChI is InChI=1S/C12H22N4/c13-7-3-8-14-10-11-6-9-16(15-11)12-4-1-2-5-12/h6,9,12,14H,1-5,7-8,10,13H2. The fourth-order valence-electron chi connectivity index (χ4n) is 2.29. The number of nitrogens with zero attached hydrogens (tertiary/aromatic N) is 2. The maximum Gasteiger partial charge on any atom is 0.0762 e. The maximum atomic E-state index is 5.44. The summed E-state index contributed by atoms with van der Waals surface area (Å²) in [7, 11) is 0. The lowest BCUT2D eigenvalue weighted by atomic mass is 10.3. The highest BCUT2D eigenvalue weighted by atomic mass is 15.3. The summed E-state index contributed by atoms with van der Waals surface area (Å²) in [5.41, 5.74) is 6.58. The number of aromatic nitrogens is 2. The molecule has 1 fully saturated rings. The van der Waals surface area contributed by atoms with Crippen LogP contribution in [-0.2, 0) is 6.54 Å². The summed E-state index contributed by atoms with van der Waals surface area (Å²) < 4.78 is 2.15. The van der Waals surface area contributed by atoms with Gasteiger partial charge in [0.05, 0.1) is 11.7 Å². The highest BCUT2D eigenvalue weighted by Crippen LogP contribution is 2.28. The molecule has 0 amide bonds. The summed E-state index contributed by atoms with van der Waals surface area (Å²) in [4.78, 5) is 0. The van der Waals surface area contributed by atoms with Gasteiger partial charge in [0.25, 0.3) is 0 Å². The van der Waals surface area contributed by atoms with E-state index in [1.807, 2.05) is 0 Å². The first-order valence-corrected chi connectivity index (χ1v) is 6.35. The van der Waals surface area contributed by atoms with Crippen molar-refractivity contribution in [1.29, 1.82) is 0 Å². The Kier molecular flexibility index (Phi) is 4.36. The first kappa shape index (κ1) is 11.6. The molecule has 4 heteroatoms. The van der Waals surface area contributed by atoms with Crippen LogP contribution in [0, 0.1) is 0 Å². The molecule has 0 atom stereocenters. The largest absolute Gasteiger partial charge is 0.330 e. The van der Waals surface area contributed by atoms with Gasteiger partial charge in [0.15, 0.2) is 0 Å². The van der Waals surface area contributed by atoms with Crippen LogP contribution in [0.15, 0.2) is 12.3 Å². The number of hydrogen-bond donors (Lipinski definition) is 2. The summed E-state index contributed by atoms with van der Waals surface area (Å²) in [6, 6.07) is 2.77. The second-order valence-corrected chi connectivity index (χ2v) is 4.54. The van der Waals surface area contributed by atoms with Crippen LogP contribution in [0.1, 0.15) is 43.8 Å². The summed E-state index contributed by atoms with van der Waals surface area (Å²) in [5.74, 6) is 0. The van der Waals surface area contributed by atoms with Gasteiger partial charge in [-0.15, -0.1) is 0 Å². The molecular formula is C12H22N4. The van der Waals surface area contributed by atoms with Crippen molar-refractivity contribution in [1.82, 2.24) is 15.1 Å². The second kappa shape index (κ2) is 6.01. The van der Waals surface area contributed by atoms with Gasteiger partial charge in [-0.05, 0) is 38.4 Å². The molecule has 1 aromatic rings. The molecule has 0 radical (unpaired) electrons. The van der Waals surface area contributed by atoms with E-state index < -0.39 is 0 Å². The van der Waals surface area contributed by atoms with E-state index in [-0.39, 0.29) is 0 Å². The van der Waals surface area contributed by atoms with Crippen LogP contribution in [0.3, 0.4) is 0 Å². The number of nitrogens with two attached hydrogens (primary N) is 1. The summed E-state index contributed by atoms with van der Waals surface area (Å²) >= 11 is 0. The van der Waals surface area contributed by atoms with Crippen molar-refractivity contribution in [2.75, 3.05) is 13.1 Å². The highest BCUT2D eigenvalue weighted by Gasteiger charge is 2.17. The molecule has 16 heavy (non-hydrogen) atoms. The molecule has 1 aliphatic rings. The molecule has 0 aliphatic heterocycles. The van der Waals surface area contributed by atoms with E-state index in [1.54, 1.807) is 0 Å². The third kappa shape index (κ3) is 3.06. The Bertz CT molecular complexity index is 302. The van der Waals surface area contributed by atoms with Gasteiger partial charge in [0.2, 0.25) is 0 Å². The van der Waals surface area contributed by atoms with Crippen molar-refractivity contribution in [2.24, 2.45) is 5.73 Å². The number of rotatable bonds is 6. The van der Waals surface area contributed by atoms with Crippen LogP contribution in [0.4, 0.5) is 0 Å². The fraction of sp³-hybridized carbons (Fsp3) is 0.750. The summed E-state index contributed by atoms with van der Waals surface area (Å²) in [6.45, 7) is 2.59. The minimum atomic E-state index is 0.651. The molecule has 2 rings (SSSR count). The average molecular weight is 222 g/mol. The van der Waals surface area contributed by atoms with Crippen LogP contribution >= 0.6 is 0 Å². The van der Waals surface area contributed by atoms with Crippen LogP contribution in [-0.4, -0.2) is 22.9 Å². The number of hydrogen-bond acceptors (Lipinski definition) is 3. The molecule has 0 unspecified atom stereocenters. The van der Waals surface area contributed by atoms with Crippen molar-refractivity contribution < 1.29 is 0 Å². The minimum absolute atomic E-state index is 0.651. The van der Waals surface area contributed by atoms with Gasteiger partial charge in [-0.1, -0.05) is 12.8 Å². The van der Waals surface area contributed by atoms with Crippen molar-refractivity contribution in [3.8, 4) is 0 Å². The molecule has 3 N–H and O–H groups in total. The predicted molar refractivity (Wildman–Crippen MR) is 65.1 cm³/mol. The molecule has 0 saturated heterocycles. The maximum absolute atomic E-state index is 5.44. The molecule has 0 spiro atoms. The third-order valence-corrected chi connectivity index (χ3v) is 3.23. The Labute approximate surface area is 97.2 Å². The van der Waals surface area contributed by atoms with Crippen LogP contribution < -0.4 is 11.1 Å². The van der Waals surface area contributed by atoms with Gasteiger partial charge in [0.1, 0.15) is 0 Å². The Hall–Kier alpha value is -0.870. The Balaban J connectivity index is 1.77. The Morgan fingerprint density at radius 1 is 1.44 bits per heavy atom. The van der Waals surface area contributed by atoms with Crippen molar-refractivity contribution in [2.45, 2.75) is 44.7 Å². The zero-order chi connectivity index (χ0) is 11.2. The zero-order valence-electron chi connectivity index (χ0n) is 9.86. The highest BCUT2D eigenvalue weighted by molar-refractivity contribution is 4.99. The van der Waals surface area contributed by atoms with Crippen molar-refractivity contribution >= 4 is 0 Å². The molecule has 0 aromatic carbocycles. The molecule has 90 valence electrons. The molecule has 1 heterocycles. The second-order valence-electron chi connectivity index (χ2n) is 4.54. The first-order valence-electron chi connectivity index (χ1n) is 6.35. The van der Waals surface area contributed by atoms with E-state index in [4.69, 9.17) is 5.73 Å². The molecule has 1 aromatic heterocycles. The van der Waals surface area contributed by atoms with Crippen LogP contribution in [0.5, 0.6) is 0 Å². The SMILES string of the molecule is NCCCNCc1ccn(C2CCCC2)n1. The first-order chi connectivity index (χ1) is 7.90. The van der Waals surface area contributed by atoms with E-state index in [9.17, 15) is 0 Å². The normalized spacial score (nSPS) is 17.1. The topological polar surface area (TPSA) is 55.9 Å². The molecular weight excluding hydrogens is 200 g/mol. The van der Waals surface area contributed by atoms with E-state index in [1.165, 1.54) is 25.7 Å². The monoisotopic (exact) mass is 222 g/mol. The Morgan fingerprint density at radius 3 is 3.00 bits per heavy atom. The lowest BCUT2D eigenvalue weighted by Gasteiger charge is -2.08. The van der Waals surface area contributed by atoms with Gasteiger partial charge in [-0.3, -0.25) is 4.68 Å². The predicted octanol–water partition coefficient (Wildman–Crippen LogP) is 1.44. The molecule has 1 aliphatic carbocycles. The van der Waals surface area contributed by atoms with Gasteiger partial charge >= 0.3 is 0 Å². The van der Waals surface area contributed by atoms with Crippen LogP contribution in [0.2, 0.25) is 0 Å². The summed E-state index contributed by atoms with van der Waals surface area (Å²) in [5, 5.41) is 7.96. The van der Waals surface area contributed by atoms with Gasteiger partial charge < -0.3 is 11.1 Å². The lowest BCUT2D eigenvalue weighted by molar-refractivity contribution is 0.460. The van der Waals surface area contributed by atoms with E-state index >= 15 is 0 Å². The fourth-order valence-corrected chi connectivity index (χ4v) is 2.29. The van der Waals surface area contributed by atoms with Crippen molar-refractivity contribution in [3.63, 3.8) is 0 Å². The smallest absolute Gasteiger partial charge is 0.0762 e. The average Bonchev–Trinajstić information content (AvgIpc) is 2.94. The summed E-state index contributed by atoms with van der Waals surface area (Å²) in [6.07, 6.45) is 8.45. The van der Waals surface area contributed by atoms with Gasteiger partial charge in [0, 0.05) is 12.7 Å². The molecule has 0 bridgehead atoms. The van der Waals surface area contributed by atoms with Crippen molar-refractivity contribution in [3.05, 3.63) is 18.0 Å². The lowest BCUT2D eigenvalue weighted by Crippen LogP contribution is -2.18. The van der Waals surface area contributed by atoms with E-state index in [0.29, 0.717) is 6.04 Å². The van der Waals surface area contributed by atoms with E-state index in [2.05, 4.69) is 27.4 Å². The number of nitrogens with one attached hydrogen (secondary N) is 1. The third-order valence-electron chi connectivity index (χ3n) is 3.23. The molecule has 1 saturated carbocycles. The van der Waals surface area contributed by atoms with Crippen LogP contribution in [0.25, 0.3) is 0 Å². The molecule has 4 nitrogen and oxygen atoms in total. The van der Waals surface area contributed by atoms with E-state index in [0.717, 1.165) is 31.7 Å². The minimum Gasteiger partial charge on any atom is -0.330 e. The Morgan fingerprint density at radius 2 is 2.25 bits per heavy atom. The van der Waals surface area contributed by atoms with Gasteiger partial charge in [-0.25, -0.2) is 0 Å². The quantitative estimate of drug-likeness (QED) is 0.716. The zero-order valence-corrected chi connectivity index (χ0v) is 9.86. The van der Waals surface area contributed by atoms with Gasteiger partial charge in [-0.2, -0.15) is 5.10 Å².